The van der Waals surface area contributed by atoms with Crippen LogP contribution in [-0.4, -0.2) is 42.4 Å². The van der Waals surface area contributed by atoms with E-state index in [2.05, 4.69) is 4.90 Å². The van der Waals surface area contributed by atoms with Crippen molar-refractivity contribution in [2.24, 2.45) is 0 Å². The molecule has 1 saturated heterocycles. The third-order valence-corrected chi connectivity index (χ3v) is 3.31. The zero-order valence-electron chi connectivity index (χ0n) is 9.40. The summed E-state index contributed by atoms with van der Waals surface area (Å²) in [4.78, 5) is 2.06. The Bertz CT molecular complexity index is 389. The minimum Gasteiger partial charge on any atom is -0.395 e. The molecule has 0 radical (unpaired) electrons. The second-order valence-corrected chi connectivity index (χ2v) is 4.52. The molecule has 94 valence electrons. The molecule has 0 bridgehead atoms. The summed E-state index contributed by atoms with van der Waals surface area (Å²) in [5.74, 6) is -0.293. The Balaban J connectivity index is 2.10. The lowest BCUT2D eigenvalue weighted by Crippen LogP contribution is -2.46. The van der Waals surface area contributed by atoms with E-state index < -0.39 is 0 Å². The highest BCUT2D eigenvalue weighted by atomic mass is 35.5. The fourth-order valence-corrected chi connectivity index (χ4v) is 2.13. The van der Waals surface area contributed by atoms with Gasteiger partial charge in [0.25, 0.3) is 0 Å². The van der Waals surface area contributed by atoms with Crippen molar-refractivity contribution in [2.45, 2.75) is 12.6 Å². The van der Waals surface area contributed by atoms with E-state index in [-0.39, 0.29) is 18.5 Å². The van der Waals surface area contributed by atoms with Crippen LogP contribution in [0.5, 0.6) is 0 Å². The minimum atomic E-state index is -0.293. The maximum absolute atomic E-state index is 13.1. The number of aliphatic hydroxyl groups is 1. The average molecular weight is 260 g/mol. The quantitative estimate of drug-likeness (QED) is 0.896. The van der Waals surface area contributed by atoms with E-state index in [0.29, 0.717) is 24.8 Å². The van der Waals surface area contributed by atoms with E-state index in [1.807, 2.05) is 0 Å². The zero-order valence-corrected chi connectivity index (χ0v) is 10.2. The molecule has 0 aliphatic carbocycles. The smallest absolute Gasteiger partial charge is 0.123 e. The zero-order chi connectivity index (χ0) is 12.3. The summed E-state index contributed by atoms with van der Waals surface area (Å²) in [5, 5.41) is 9.79. The van der Waals surface area contributed by atoms with Gasteiger partial charge in [-0.3, -0.25) is 4.90 Å². The van der Waals surface area contributed by atoms with Crippen molar-refractivity contribution >= 4 is 11.6 Å². The van der Waals surface area contributed by atoms with Gasteiger partial charge >= 0.3 is 0 Å². The van der Waals surface area contributed by atoms with Gasteiger partial charge in [-0.2, -0.15) is 0 Å². The Labute approximate surface area is 105 Å². The summed E-state index contributed by atoms with van der Waals surface area (Å²) in [7, 11) is 0. The first-order valence-corrected chi connectivity index (χ1v) is 5.95. The fourth-order valence-electron chi connectivity index (χ4n) is 1.95. The van der Waals surface area contributed by atoms with Gasteiger partial charge in [0.15, 0.2) is 0 Å². The van der Waals surface area contributed by atoms with E-state index in [1.54, 1.807) is 6.07 Å². The molecule has 0 amide bonds. The number of hydrogen-bond acceptors (Lipinski definition) is 3. The van der Waals surface area contributed by atoms with Gasteiger partial charge in [-0.05, 0) is 23.8 Å². The standard InChI is InChI=1S/C12H15ClFNO2/c13-12-2-1-10(14)5-9(12)6-15-3-4-17-8-11(15)7-16/h1-2,5,11,16H,3-4,6-8H2. The molecule has 1 aromatic rings. The summed E-state index contributed by atoms with van der Waals surface area (Å²) in [6.07, 6.45) is 0. The predicted octanol–water partition coefficient (Wildman–Crippen LogP) is 1.67. The summed E-state index contributed by atoms with van der Waals surface area (Å²) in [6.45, 7) is 2.42. The van der Waals surface area contributed by atoms with Gasteiger partial charge in [0, 0.05) is 18.1 Å². The van der Waals surface area contributed by atoms with E-state index in [1.165, 1.54) is 12.1 Å². The van der Waals surface area contributed by atoms with E-state index >= 15 is 0 Å². The number of aliphatic hydroxyl groups excluding tert-OH is 1. The van der Waals surface area contributed by atoms with E-state index in [4.69, 9.17) is 16.3 Å². The molecule has 1 heterocycles. The molecule has 2 rings (SSSR count). The van der Waals surface area contributed by atoms with Crippen LogP contribution in [0.2, 0.25) is 5.02 Å². The first-order valence-electron chi connectivity index (χ1n) is 5.57. The predicted molar refractivity (Wildman–Crippen MR) is 63.5 cm³/mol. The Morgan fingerprint density at radius 1 is 1.53 bits per heavy atom. The molecule has 0 spiro atoms. The van der Waals surface area contributed by atoms with Crippen molar-refractivity contribution in [2.75, 3.05) is 26.4 Å². The number of hydrogen-bond donors (Lipinski definition) is 1. The van der Waals surface area contributed by atoms with Crippen LogP contribution in [0, 0.1) is 5.82 Å². The van der Waals surface area contributed by atoms with Crippen LogP contribution in [0.15, 0.2) is 18.2 Å². The average Bonchev–Trinajstić information content (AvgIpc) is 2.34. The van der Waals surface area contributed by atoms with Crippen LogP contribution < -0.4 is 0 Å². The van der Waals surface area contributed by atoms with Crippen LogP contribution in [0.4, 0.5) is 4.39 Å². The number of nitrogens with zero attached hydrogens (tertiary/aromatic N) is 1. The maximum Gasteiger partial charge on any atom is 0.123 e. The van der Waals surface area contributed by atoms with Crippen LogP contribution in [0.1, 0.15) is 5.56 Å². The number of morpholine rings is 1. The number of halogens is 2. The van der Waals surface area contributed by atoms with Gasteiger partial charge < -0.3 is 9.84 Å². The van der Waals surface area contributed by atoms with Crippen molar-refractivity contribution < 1.29 is 14.2 Å². The van der Waals surface area contributed by atoms with Crippen molar-refractivity contribution in [3.63, 3.8) is 0 Å². The van der Waals surface area contributed by atoms with Crippen molar-refractivity contribution in [3.8, 4) is 0 Å². The molecule has 1 unspecified atom stereocenters. The molecule has 1 aliphatic rings. The summed E-state index contributed by atoms with van der Waals surface area (Å²) in [5.41, 5.74) is 0.743. The summed E-state index contributed by atoms with van der Waals surface area (Å²) >= 11 is 6.02. The van der Waals surface area contributed by atoms with Crippen molar-refractivity contribution in [3.05, 3.63) is 34.6 Å². The number of benzene rings is 1. The molecule has 1 aromatic carbocycles. The summed E-state index contributed by atoms with van der Waals surface area (Å²) < 4.78 is 18.4. The third-order valence-electron chi connectivity index (χ3n) is 2.94. The fraction of sp³-hybridized carbons (Fsp3) is 0.500. The lowest BCUT2D eigenvalue weighted by atomic mass is 10.1. The van der Waals surface area contributed by atoms with Crippen LogP contribution in [0.25, 0.3) is 0 Å². The molecule has 17 heavy (non-hydrogen) atoms. The van der Waals surface area contributed by atoms with Gasteiger partial charge in [0.2, 0.25) is 0 Å². The van der Waals surface area contributed by atoms with Gasteiger partial charge in [0.1, 0.15) is 5.82 Å². The molecule has 0 saturated carbocycles. The molecule has 1 atom stereocenters. The topological polar surface area (TPSA) is 32.7 Å². The molecular weight excluding hydrogens is 245 g/mol. The third kappa shape index (κ3) is 3.16. The minimum absolute atomic E-state index is 0.0347. The largest absolute Gasteiger partial charge is 0.395 e. The molecule has 1 N–H and O–H groups in total. The van der Waals surface area contributed by atoms with E-state index in [9.17, 15) is 9.50 Å². The van der Waals surface area contributed by atoms with Crippen molar-refractivity contribution in [1.82, 2.24) is 4.90 Å². The monoisotopic (exact) mass is 259 g/mol. The molecule has 1 fully saturated rings. The highest BCUT2D eigenvalue weighted by Gasteiger charge is 2.22. The Hall–Kier alpha value is -0.680. The Morgan fingerprint density at radius 3 is 3.12 bits per heavy atom. The first kappa shape index (κ1) is 12.8. The number of ether oxygens (including phenoxy) is 1. The Kier molecular flexibility index (Phi) is 4.34. The normalized spacial score (nSPS) is 21.7. The second-order valence-electron chi connectivity index (χ2n) is 4.12. The summed E-state index contributed by atoms with van der Waals surface area (Å²) in [6, 6.07) is 4.30. The molecule has 5 heteroatoms. The van der Waals surface area contributed by atoms with Gasteiger partial charge in [-0.15, -0.1) is 0 Å². The second kappa shape index (κ2) is 5.78. The highest BCUT2D eigenvalue weighted by molar-refractivity contribution is 6.31. The highest BCUT2D eigenvalue weighted by Crippen LogP contribution is 2.20. The molecule has 1 aliphatic heterocycles. The van der Waals surface area contributed by atoms with Crippen LogP contribution in [0.3, 0.4) is 0 Å². The molecular formula is C12H15ClFNO2. The van der Waals surface area contributed by atoms with Gasteiger partial charge in [0.05, 0.1) is 25.9 Å². The number of rotatable bonds is 3. The van der Waals surface area contributed by atoms with E-state index in [0.717, 1.165) is 12.1 Å². The molecule has 0 aromatic heterocycles. The first-order chi connectivity index (χ1) is 8.20. The Morgan fingerprint density at radius 2 is 2.35 bits per heavy atom. The van der Waals surface area contributed by atoms with Gasteiger partial charge in [-0.1, -0.05) is 11.6 Å². The maximum atomic E-state index is 13.1. The van der Waals surface area contributed by atoms with Crippen LogP contribution >= 0.6 is 11.6 Å². The van der Waals surface area contributed by atoms with Gasteiger partial charge in [-0.25, -0.2) is 4.39 Å². The van der Waals surface area contributed by atoms with Crippen molar-refractivity contribution in [1.29, 1.82) is 0 Å². The lowest BCUT2D eigenvalue weighted by molar-refractivity contribution is -0.0312. The molecule has 3 nitrogen and oxygen atoms in total. The lowest BCUT2D eigenvalue weighted by Gasteiger charge is -2.34. The SMILES string of the molecule is OCC1COCCN1Cc1cc(F)ccc1Cl. The van der Waals surface area contributed by atoms with Crippen LogP contribution in [-0.2, 0) is 11.3 Å².